The van der Waals surface area contributed by atoms with Gasteiger partial charge in [0.1, 0.15) is 0 Å². The number of benzene rings is 1. The van der Waals surface area contributed by atoms with Gasteiger partial charge in [-0.25, -0.2) is 0 Å². The molecule has 3 nitrogen and oxygen atoms in total. The Morgan fingerprint density at radius 2 is 1.93 bits per heavy atom. The van der Waals surface area contributed by atoms with Crippen molar-refractivity contribution in [2.45, 2.75) is 25.9 Å². The van der Waals surface area contributed by atoms with E-state index in [9.17, 15) is 9.90 Å². The normalized spacial score (nSPS) is 14.5. The van der Waals surface area contributed by atoms with Gasteiger partial charge in [-0.05, 0) is 25.3 Å². The van der Waals surface area contributed by atoms with Gasteiger partial charge >= 0.3 is 5.97 Å². The number of carboxylic acid groups (broad SMARTS) is 1. The molecule has 0 heterocycles. The van der Waals surface area contributed by atoms with Crippen molar-refractivity contribution >= 4 is 5.97 Å². The molecule has 0 spiro atoms. The molecule has 0 saturated carbocycles. The molecule has 1 rings (SSSR count). The van der Waals surface area contributed by atoms with Gasteiger partial charge in [0.15, 0.2) is 0 Å². The molecule has 0 aliphatic carbocycles. The number of rotatable bonds is 5. The van der Waals surface area contributed by atoms with Crippen LogP contribution in [-0.2, 0) is 11.2 Å². The second kappa shape index (κ2) is 5.51. The second-order valence-corrected chi connectivity index (χ2v) is 3.72. The number of hydrogen-bond donors (Lipinski definition) is 2. The molecule has 3 heteroatoms. The lowest BCUT2D eigenvalue weighted by molar-refractivity contribution is -0.144. The van der Waals surface area contributed by atoms with Crippen molar-refractivity contribution in [3.63, 3.8) is 0 Å². The van der Waals surface area contributed by atoms with Crippen molar-refractivity contribution in [2.75, 3.05) is 0 Å². The summed E-state index contributed by atoms with van der Waals surface area (Å²) in [5.41, 5.74) is 1.12. The highest BCUT2D eigenvalue weighted by Crippen LogP contribution is 2.11. The Bertz CT molecular complexity index is 308. The molecule has 2 N–H and O–H groups in total. The smallest absolute Gasteiger partial charge is 0.308 e. The summed E-state index contributed by atoms with van der Waals surface area (Å²) in [4.78, 5) is 10.6. The van der Waals surface area contributed by atoms with Crippen LogP contribution in [0.4, 0.5) is 0 Å². The molecule has 2 atom stereocenters. The average Bonchev–Trinajstić information content (AvgIpc) is 2.26. The minimum absolute atomic E-state index is 0.484. The fourth-order valence-corrected chi connectivity index (χ4v) is 1.37. The summed E-state index contributed by atoms with van der Waals surface area (Å²) in [5.74, 6) is -1.65. The lowest BCUT2D eigenvalue weighted by Gasteiger charge is -2.14. The Morgan fingerprint density at radius 3 is 2.47 bits per heavy atom. The van der Waals surface area contributed by atoms with E-state index in [-0.39, 0.29) is 0 Å². The maximum atomic E-state index is 10.6. The number of hydrogen-bond acceptors (Lipinski definition) is 2. The third kappa shape index (κ3) is 3.72. The zero-order valence-electron chi connectivity index (χ0n) is 8.76. The number of carbonyl (C=O) groups is 1. The standard InChI is InChI=1S/C12H16O3/c1-9(12(14)15)11(13)8-7-10-5-3-2-4-6-10/h2-6,9,11,13H,7-8H2,1H3,(H,14,15)/t9-,11-/m1/s1. The first-order chi connectivity index (χ1) is 7.11. The molecule has 1 aromatic rings. The molecular weight excluding hydrogens is 192 g/mol. The first-order valence-electron chi connectivity index (χ1n) is 5.06. The highest BCUT2D eigenvalue weighted by molar-refractivity contribution is 5.70. The van der Waals surface area contributed by atoms with Crippen LogP contribution in [-0.4, -0.2) is 22.3 Å². The van der Waals surface area contributed by atoms with Gasteiger partial charge in [0, 0.05) is 0 Å². The lowest BCUT2D eigenvalue weighted by Crippen LogP contribution is -2.25. The molecule has 0 bridgehead atoms. The molecule has 1 aromatic carbocycles. The van der Waals surface area contributed by atoms with Crippen molar-refractivity contribution in [3.05, 3.63) is 35.9 Å². The summed E-state index contributed by atoms with van der Waals surface area (Å²) in [6.45, 7) is 1.53. The maximum Gasteiger partial charge on any atom is 0.308 e. The third-order valence-corrected chi connectivity index (χ3v) is 2.54. The summed E-state index contributed by atoms with van der Waals surface area (Å²) in [6.07, 6.45) is 0.416. The number of aliphatic hydroxyl groups is 1. The summed E-state index contributed by atoms with van der Waals surface area (Å²) >= 11 is 0. The Morgan fingerprint density at radius 1 is 1.33 bits per heavy atom. The molecule has 0 radical (unpaired) electrons. The van der Waals surface area contributed by atoms with Crippen LogP contribution in [0.15, 0.2) is 30.3 Å². The predicted octanol–water partition coefficient (Wildman–Crippen LogP) is 1.70. The van der Waals surface area contributed by atoms with E-state index in [1.165, 1.54) is 6.92 Å². The molecule has 0 aliphatic rings. The first-order valence-corrected chi connectivity index (χ1v) is 5.06. The number of aliphatic carboxylic acids is 1. The highest BCUT2D eigenvalue weighted by atomic mass is 16.4. The van der Waals surface area contributed by atoms with Crippen molar-refractivity contribution in [1.29, 1.82) is 0 Å². The summed E-state index contributed by atoms with van der Waals surface area (Å²) in [7, 11) is 0. The molecular formula is C12H16O3. The first kappa shape index (κ1) is 11.7. The van der Waals surface area contributed by atoms with Crippen molar-refractivity contribution in [2.24, 2.45) is 5.92 Å². The van der Waals surface area contributed by atoms with Crippen LogP contribution in [0.3, 0.4) is 0 Å². The molecule has 0 aliphatic heterocycles. The Hall–Kier alpha value is -1.35. The van der Waals surface area contributed by atoms with E-state index in [1.54, 1.807) is 0 Å². The van der Waals surface area contributed by atoms with E-state index in [4.69, 9.17) is 5.11 Å². The van der Waals surface area contributed by atoms with Crippen LogP contribution in [0.5, 0.6) is 0 Å². The van der Waals surface area contributed by atoms with E-state index in [0.29, 0.717) is 12.8 Å². The second-order valence-electron chi connectivity index (χ2n) is 3.72. The van der Waals surface area contributed by atoms with E-state index < -0.39 is 18.0 Å². The van der Waals surface area contributed by atoms with Gasteiger partial charge in [-0.15, -0.1) is 0 Å². The van der Waals surface area contributed by atoms with Crippen LogP contribution in [0, 0.1) is 5.92 Å². The zero-order chi connectivity index (χ0) is 11.3. The molecule has 0 aromatic heterocycles. The number of aliphatic hydroxyl groups excluding tert-OH is 1. The monoisotopic (exact) mass is 208 g/mol. The molecule has 0 fully saturated rings. The zero-order valence-corrected chi connectivity index (χ0v) is 8.76. The molecule has 82 valence electrons. The predicted molar refractivity (Wildman–Crippen MR) is 57.6 cm³/mol. The summed E-state index contributed by atoms with van der Waals surface area (Å²) in [5, 5.41) is 18.3. The van der Waals surface area contributed by atoms with Crippen molar-refractivity contribution < 1.29 is 15.0 Å². The summed E-state index contributed by atoms with van der Waals surface area (Å²) in [6, 6.07) is 9.74. The van der Waals surface area contributed by atoms with Gasteiger partial charge in [0.2, 0.25) is 0 Å². The number of aryl methyl sites for hydroxylation is 1. The van der Waals surface area contributed by atoms with Gasteiger partial charge in [-0.1, -0.05) is 30.3 Å². The van der Waals surface area contributed by atoms with Gasteiger partial charge in [-0.2, -0.15) is 0 Å². The van der Waals surface area contributed by atoms with Crippen LogP contribution in [0.2, 0.25) is 0 Å². The van der Waals surface area contributed by atoms with Crippen molar-refractivity contribution in [3.8, 4) is 0 Å². The Kier molecular flexibility index (Phi) is 4.31. The van der Waals surface area contributed by atoms with Gasteiger partial charge in [-0.3, -0.25) is 4.79 Å². The molecule has 0 unspecified atom stereocenters. The largest absolute Gasteiger partial charge is 0.481 e. The maximum absolute atomic E-state index is 10.6. The van der Waals surface area contributed by atoms with E-state index in [0.717, 1.165) is 5.56 Å². The molecule has 0 saturated heterocycles. The minimum atomic E-state index is -0.949. The van der Waals surface area contributed by atoms with Crippen molar-refractivity contribution in [1.82, 2.24) is 0 Å². The minimum Gasteiger partial charge on any atom is -0.481 e. The van der Waals surface area contributed by atoms with E-state index in [1.807, 2.05) is 30.3 Å². The average molecular weight is 208 g/mol. The van der Waals surface area contributed by atoms with Gasteiger partial charge in [0.05, 0.1) is 12.0 Å². The quantitative estimate of drug-likeness (QED) is 0.774. The topological polar surface area (TPSA) is 57.5 Å². The van der Waals surface area contributed by atoms with Gasteiger partial charge < -0.3 is 10.2 Å². The highest BCUT2D eigenvalue weighted by Gasteiger charge is 2.20. The Balaban J connectivity index is 2.41. The van der Waals surface area contributed by atoms with Crippen LogP contribution >= 0.6 is 0 Å². The van der Waals surface area contributed by atoms with E-state index in [2.05, 4.69) is 0 Å². The molecule has 15 heavy (non-hydrogen) atoms. The van der Waals surface area contributed by atoms with Gasteiger partial charge in [0.25, 0.3) is 0 Å². The SMILES string of the molecule is C[C@@H](C(=O)O)[C@H](O)CCc1ccccc1. The summed E-state index contributed by atoms with van der Waals surface area (Å²) < 4.78 is 0. The van der Waals surface area contributed by atoms with E-state index >= 15 is 0 Å². The fourth-order valence-electron chi connectivity index (χ4n) is 1.37. The molecule has 0 amide bonds. The Labute approximate surface area is 89.4 Å². The number of carboxylic acids is 1. The lowest BCUT2D eigenvalue weighted by atomic mass is 9.98. The van der Waals surface area contributed by atoms with Crippen LogP contribution < -0.4 is 0 Å². The fraction of sp³-hybridized carbons (Fsp3) is 0.417. The van der Waals surface area contributed by atoms with Crippen LogP contribution in [0.1, 0.15) is 18.9 Å². The third-order valence-electron chi connectivity index (χ3n) is 2.54. The van der Waals surface area contributed by atoms with Crippen LogP contribution in [0.25, 0.3) is 0 Å².